The molecule has 97 heavy (non-hydrogen) atoms. The molecule has 0 bridgehead atoms. The van der Waals surface area contributed by atoms with Gasteiger partial charge in [-0.15, -0.1) is 0 Å². The molecule has 0 heterocycles. The molecular formula is C78H152O17P2. The van der Waals surface area contributed by atoms with Gasteiger partial charge in [-0.25, -0.2) is 9.13 Å². The highest BCUT2D eigenvalue weighted by Gasteiger charge is 2.30. The van der Waals surface area contributed by atoms with Gasteiger partial charge in [-0.05, 0) is 43.4 Å². The second-order valence-electron chi connectivity index (χ2n) is 29.5. The Morgan fingerprint density at radius 1 is 0.278 bits per heavy atom. The fourth-order valence-electron chi connectivity index (χ4n) is 12.0. The third-order valence-corrected chi connectivity index (χ3v) is 20.0. The van der Waals surface area contributed by atoms with Gasteiger partial charge in [-0.3, -0.25) is 37.3 Å². The smallest absolute Gasteiger partial charge is 0.462 e. The van der Waals surface area contributed by atoms with Crippen molar-refractivity contribution in [2.45, 2.75) is 420 Å². The van der Waals surface area contributed by atoms with Crippen molar-refractivity contribution in [1.82, 2.24) is 0 Å². The fourth-order valence-corrected chi connectivity index (χ4v) is 13.5. The van der Waals surface area contributed by atoms with Crippen LogP contribution >= 0.6 is 15.6 Å². The van der Waals surface area contributed by atoms with Crippen molar-refractivity contribution in [3.05, 3.63) is 0 Å². The Kier molecular flexibility index (Phi) is 67.1. The predicted octanol–water partition coefficient (Wildman–Crippen LogP) is 23.0. The fraction of sp³-hybridized carbons (Fsp3) is 0.949. The van der Waals surface area contributed by atoms with Gasteiger partial charge in [-0.1, -0.05) is 350 Å². The number of carbonyl (C=O) groups excluding carboxylic acids is 4. The van der Waals surface area contributed by atoms with Crippen molar-refractivity contribution in [3.63, 3.8) is 0 Å². The summed E-state index contributed by atoms with van der Waals surface area (Å²) in [6, 6.07) is 0. The van der Waals surface area contributed by atoms with Crippen LogP contribution in [0.4, 0.5) is 0 Å². The van der Waals surface area contributed by atoms with Gasteiger partial charge in [0.1, 0.15) is 19.3 Å². The van der Waals surface area contributed by atoms with E-state index in [0.29, 0.717) is 25.7 Å². The van der Waals surface area contributed by atoms with Gasteiger partial charge in [0.05, 0.1) is 26.4 Å². The van der Waals surface area contributed by atoms with E-state index in [1.807, 2.05) is 0 Å². The molecule has 17 nitrogen and oxygen atoms in total. The summed E-state index contributed by atoms with van der Waals surface area (Å²) in [6.45, 7) is 11.9. The van der Waals surface area contributed by atoms with Crippen LogP contribution in [0.5, 0.6) is 0 Å². The van der Waals surface area contributed by atoms with E-state index in [9.17, 15) is 43.2 Å². The summed E-state index contributed by atoms with van der Waals surface area (Å²) < 4.78 is 68.6. The lowest BCUT2D eigenvalue weighted by Gasteiger charge is -2.21. The summed E-state index contributed by atoms with van der Waals surface area (Å²) in [7, 11) is -9.91. The van der Waals surface area contributed by atoms with Crippen LogP contribution in [-0.4, -0.2) is 96.7 Å². The van der Waals surface area contributed by atoms with Crippen molar-refractivity contribution in [2.75, 3.05) is 39.6 Å². The summed E-state index contributed by atoms with van der Waals surface area (Å²) in [6.07, 6.45) is 55.5. The molecule has 0 aliphatic rings. The normalized spacial score (nSPS) is 14.0. The highest BCUT2D eigenvalue weighted by molar-refractivity contribution is 7.47. The molecule has 576 valence electrons. The second kappa shape index (κ2) is 68.5. The van der Waals surface area contributed by atoms with Crippen molar-refractivity contribution < 1.29 is 80.2 Å². The maximum Gasteiger partial charge on any atom is 0.472 e. The van der Waals surface area contributed by atoms with Crippen LogP contribution in [0.2, 0.25) is 0 Å². The van der Waals surface area contributed by atoms with Gasteiger partial charge in [0.15, 0.2) is 12.2 Å². The van der Waals surface area contributed by atoms with Crippen LogP contribution in [0.15, 0.2) is 0 Å². The molecule has 0 aromatic heterocycles. The maximum absolute atomic E-state index is 13.1. The highest BCUT2D eigenvalue weighted by Crippen LogP contribution is 2.45. The minimum absolute atomic E-state index is 0.106. The van der Waals surface area contributed by atoms with Crippen molar-refractivity contribution >= 4 is 39.5 Å². The first-order valence-corrected chi connectivity index (χ1v) is 43.3. The number of esters is 4. The third-order valence-electron chi connectivity index (χ3n) is 18.1. The molecule has 3 N–H and O–H groups in total. The molecule has 0 saturated carbocycles. The first-order valence-electron chi connectivity index (χ1n) is 40.3. The van der Waals surface area contributed by atoms with E-state index in [1.165, 1.54) is 212 Å². The van der Waals surface area contributed by atoms with Crippen LogP contribution in [0.3, 0.4) is 0 Å². The number of hydrogen-bond acceptors (Lipinski definition) is 15. The molecule has 19 heteroatoms. The molecule has 0 amide bonds. The van der Waals surface area contributed by atoms with Crippen LogP contribution in [-0.2, 0) is 65.4 Å². The Morgan fingerprint density at radius 2 is 0.474 bits per heavy atom. The van der Waals surface area contributed by atoms with Gasteiger partial charge < -0.3 is 33.8 Å². The minimum Gasteiger partial charge on any atom is -0.462 e. The molecule has 0 radical (unpaired) electrons. The van der Waals surface area contributed by atoms with Gasteiger partial charge >= 0.3 is 39.5 Å². The van der Waals surface area contributed by atoms with Gasteiger partial charge in [0.2, 0.25) is 0 Å². The SMILES string of the molecule is CCCCCCCCCCCC(=O)OC[C@H](COP(=O)(O)OC[C@H](O)COP(=O)(O)OC[C@@H](COC(=O)CCCCCCCCCCCCCCCC(C)C)OC(=O)CCCCCCCCCCCCCCCCCCC(C)C)OC(=O)CCCCCCCCCCCCC(C)C. The number of ether oxygens (including phenoxy) is 4. The van der Waals surface area contributed by atoms with E-state index in [4.69, 9.17) is 37.0 Å². The second-order valence-corrected chi connectivity index (χ2v) is 32.4. The van der Waals surface area contributed by atoms with E-state index in [-0.39, 0.29) is 25.7 Å². The van der Waals surface area contributed by atoms with E-state index in [0.717, 1.165) is 108 Å². The minimum atomic E-state index is -4.96. The molecule has 0 spiro atoms. The van der Waals surface area contributed by atoms with Crippen molar-refractivity contribution in [1.29, 1.82) is 0 Å². The topological polar surface area (TPSA) is 237 Å². The lowest BCUT2D eigenvalue weighted by Crippen LogP contribution is -2.30. The Balaban J connectivity index is 5.23. The summed E-state index contributed by atoms with van der Waals surface area (Å²) in [5.74, 6) is 0.237. The summed E-state index contributed by atoms with van der Waals surface area (Å²) in [4.78, 5) is 72.8. The number of rotatable bonds is 76. The number of hydrogen-bond donors (Lipinski definition) is 3. The predicted molar refractivity (Wildman–Crippen MR) is 395 cm³/mol. The molecule has 0 aromatic carbocycles. The molecule has 0 aliphatic heterocycles. The van der Waals surface area contributed by atoms with Gasteiger partial charge in [-0.2, -0.15) is 0 Å². The standard InChI is InChI=1S/C78H152O17P2/c1-8-9-10-11-12-28-38-45-52-59-75(80)88-65-73(95-78(83)62-55-48-41-34-27-26-31-37-44-51-58-71(6)7)67-92-96(84,85)90-63-72(79)64-91-97(86,87)93-68-74(66-89-76(81)60-53-46-39-32-24-21-17-19-23-30-36-43-50-57-70(4)5)94-77(82)61-54-47-40-33-25-20-16-14-13-15-18-22-29-35-42-49-56-69(2)3/h69-74,79H,8-68H2,1-7H3,(H,84,85)(H,86,87)/t72-,73+,74+/m0/s1. The molecule has 0 rings (SSSR count). The van der Waals surface area contributed by atoms with Crippen molar-refractivity contribution in [2.24, 2.45) is 17.8 Å². The maximum atomic E-state index is 13.1. The summed E-state index contributed by atoms with van der Waals surface area (Å²) in [5, 5.41) is 10.6. The average molecular weight is 1420 g/mol. The Hall–Kier alpha value is -1.94. The van der Waals surface area contributed by atoms with Crippen molar-refractivity contribution in [3.8, 4) is 0 Å². The first kappa shape index (κ1) is 95.1. The zero-order valence-corrected chi connectivity index (χ0v) is 65.3. The van der Waals surface area contributed by atoms with Crippen LogP contribution in [0.25, 0.3) is 0 Å². The molecular weight excluding hydrogens is 1270 g/mol. The lowest BCUT2D eigenvalue weighted by molar-refractivity contribution is -0.161. The number of unbranched alkanes of at least 4 members (excludes halogenated alkanes) is 44. The van der Waals surface area contributed by atoms with Gasteiger partial charge in [0.25, 0.3) is 0 Å². The summed E-state index contributed by atoms with van der Waals surface area (Å²) in [5.41, 5.74) is 0. The van der Waals surface area contributed by atoms with E-state index >= 15 is 0 Å². The Morgan fingerprint density at radius 3 is 0.701 bits per heavy atom. The Bertz CT molecular complexity index is 1890. The molecule has 0 aromatic rings. The van der Waals surface area contributed by atoms with Crippen LogP contribution < -0.4 is 0 Å². The van der Waals surface area contributed by atoms with Crippen LogP contribution in [0, 0.1) is 17.8 Å². The van der Waals surface area contributed by atoms with E-state index in [2.05, 4.69) is 48.5 Å². The lowest BCUT2D eigenvalue weighted by atomic mass is 10.0. The van der Waals surface area contributed by atoms with Crippen LogP contribution in [0.1, 0.15) is 402 Å². The quantitative estimate of drug-likeness (QED) is 0.0222. The molecule has 0 saturated heterocycles. The average Bonchev–Trinajstić information content (AvgIpc) is 1.20. The highest BCUT2D eigenvalue weighted by atomic mass is 31.2. The molecule has 0 fully saturated rings. The monoisotopic (exact) mass is 1420 g/mol. The zero-order valence-electron chi connectivity index (χ0n) is 63.5. The molecule has 2 unspecified atom stereocenters. The number of phosphoric ester groups is 2. The Labute approximate surface area is 594 Å². The number of phosphoric acid groups is 2. The first-order chi connectivity index (χ1) is 46.7. The number of aliphatic hydroxyl groups is 1. The molecule has 5 atom stereocenters. The molecule has 0 aliphatic carbocycles. The zero-order chi connectivity index (χ0) is 71.6. The van der Waals surface area contributed by atoms with Gasteiger partial charge in [0, 0.05) is 25.7 Å². The van der Waals surface area contributed by atoms with E-state index < -0.39 is 97.5 Å². The number of aliphatic hydroxyl groups excluding tert-OH is 1. The largest absolute Gasteiger partial charge is 0.472 e. The number of carbonyl (C=O) groups is 4. The third kappa shape index (κ3) is 72.2. The summed E-state index contributed by atoms with van der Waals surface area (Å²) >= 11 is 0. The van der Waals surface area contributed by atoms with E-state index in [1.54, 1.807) is 0 Å².